The largest absolute Gasteiger partial charge is 0.508 e. The summed E-state index contributed by atoms with van der Waals surface area (Å²) in [6.07, 6.45) is 23.3. The van der Waals surface area contributed by atoms with E-state index in [4.69, 9.17) is 0 Å². The summed E-state index contributed by atoms with van der Waals surface area (Å²) in [7, 11) is 0. The highest BCUT2D eigenvalue weighted by Crippen LogP contribution is 2.29. The molecule has 1 aromatic carbocycles. The molecule has 0 radical (unpaired) electrons. The van der Waals surface area contributed by atoms with E-state index in [2.05, 4.69) is 26.8 Å². The number of phenolic OH excluding ortho intramolecular Hbond substituents is 1. The highest BCUT2D eigenvalue weighted by atomic mass is 16.3. The van der Waals surface area contributed by atoms with Gasteiger partial charge in [0.2, 0.25) is 0 Å². The molecule has 0 heterocycles. The maximum atomic E-state index is 10.6. The van der Waals surface area contributed by atoms with Gasteiger partial charge in [-0.3, -0.25) is 0 Å². The van der Waals surface area contributed by atoms with Crippen molar-refractivity contribution in [3.05, 3.63) is 28.8 Å². The Hall–Kier alpha value is -0.980. The molecule has 162 valence electrons. The number of benzene rings is 1. The number of hydrogen-bond acceptors (Lipinski definition) is 1. The van der Waals surface area contributed by atoms with Crippen molar-refractivity contribution in [1.82, 2.24) is 0 Å². The molecule has 1 rings (SSSR count). The van der Waals surface area contributed by atoms with E-state index in [0.717, 1.165) is 12.8 Å². The molecule has 0 aliphatic heterocycles. The lowest BCUT2D eigenvalue weighted by Gasteiger charge is -2.17. The Balaban J connectivity index is 2.62. The maximum absolute atomic E-state index is 10.6. The first-order valence-electron chi connectivity index (χ1n) is 12.6. The van der Waals surface area contributed by atoms with Crippen LogP contribution < -0.4 is 0 Å². The van der Waals surface area contributed by atoms with Crippen molar-refractivity contribution < 1.29 is 5.11 Å². The first kappa shape index (κ1) is 25.1. The van der Waals surface area contributed by atoms with Gasteiger partial charge in [0.15, 0.2) is 0 Å². The molecule has 0 aromatic heterocycles. The van der Waals surface area contributed by atoms with Gasteiger partial charge in [0.05, 0.1) is 0 Å². The van der Waals surface area contributed by atoms with E-state index in [1.54, 1.807) is 0 Å². The van der Waals surface area contributed by atoms with Crippen LogP contribution in [-0.4, -0.2) is 5.11 Å². The molecule has 1 N–H and O–H groups in total. The Kier molecular flexibility index (Phi) is 15.1. The van der Waals surface area contributed by atoms with E-state index >= 15 is 0 Å². The molecule has 0 spiro atoms. The molecule has 0 saturated carbocycles. The Bertz CT molecular complexity index is 491. The molecule has 0 atom stereocenters. The Morgan fingerprint density at radius 3 is 1.50 bits per heavy atom. The zero-order valence-corrected chi connectivity index (χ0v) is 19.3. The number of rotatable bonds is 18. The van der Waals surface area contributed by atoms with Crippen molar-refractivity contribution in [3.63, 3.8) is 0 Å². The van der Waals surface area contributed by atoms with Gasteiger partial charge in [-0.2, -0.15) is 0 Å². The molecule has 0 saturated heterocycles. The van der Waals surface area contributed by atoms with Gasteiger partial charge in [-0.05, 0) is 61.3 Å². The van der Waals surface area contributed by atoms with Crippen LogP contribution in [-0.2, 0) is 19.3 Å². The second kappa shape index (κ2) is 16.9. The third kappa shape index (κ3) is 10.5. The van der Waals surface area contributed by atoms with Crippen LogP contribution in [0.2, 0.25) is 0 Å². The van der Waals surface area contributed by atoms with Crippen molar-refractivity contribution in [3.8, 4) is 5.75 Å². The smallest absolute Gasteiger partial charge is 0.119 e. The lowest BCUT2D eigenvalue weighted by atomic mass is 9.89. The molecule has 0 bridgehead atoms. The van der Waals surface area contributed by atoms with E-state index in [-0.39, 0.29) is 0 Å². The monoisotopic (exact) mass is 388 g/mol. The van der Waals surface area contributed by atoms with Crippen LogP contribution in [0.15, 0.2) is 12.1 Å². The Labute approximate surface area is 176 Å². The number of unbranched alkanes of at least 4 members (excludes halogenated alkanes) is 12. The van der Waals surface area contributed by atoms with Gasteiger partial charge in [0, 0.05) is 0 Å². The minimum absolute atomic E-state index is 0.548. The van der Waals surface area contributed by atoms with E-state index in [9.17, 15) is 5.11 Å². The van der Waals surface area contributed by atoms with Gasteiger partial charge >= 0.3 is 0 Å². The highest BCUT2D eigenvalue weighted by Gasteiger charge is 2.13. The zero-order valence-electron chi connectivity index (χ0n) is 19.3. The molecule has 28 heavy (non-hydrogen) atoms. The zero-order chi connectivity index (χ0) is 20.5. The van der Waals surface area contributed by atoms with Gasteiger partial charge in [-0.1, -0.05) is 104 Å². The van der Waals surface area contributed by atoms with Crippen molar-refractivity contribution in [1.29, 1.82) is 0 Å². The van der Waals surface area contributed by atoms with Crippen molar-refractivity contribution in [2.75, 3.05) is 0 Å². The van der Waals surface area contributed by atoms with Gasteiger partial charge in [0.25, 0.3) is 0 Å². The summed E-state index contributed by atoms with van der Waals surface area (Å²) in [4.78, 5) is 0. The topological polar surface area (TPSA) is 20.2 Å². The van der Waals surface area contributed by atoms with Crippen LogP contribution in [0.4, 0.5) is 0 Å². The Morgan fingerprint density at radius 2 is 0.964 bits per heavy atom. The molecule has 0 aliphatic rings. The molecule has 0 fully saturated rings. The van der Waals surface area contributed by atoms with Gasteiger partial charge < -0.3 is 5.11 Å². The predicted octanol–water partition coefficient (Wildman–Crippen LogP) is 8.93. The molecule has 1 heteroatoms. The first-order valence-corrected chi connectivity index (χ1v) is 12.6. The number of aryl methyl sites for hydroxylation is 1. The summed E-state index contributed by atoms with van der Waals surface area (Å²) >= 11 is 0. The highest BCUT2D eigenvalue weighted by molar-refractivity contribution is 5.45. The number of hydrogen-bond donors (Lipinski definition) is 1. The van der Waals surface area contributed by atoms with Crippen LogP contribution in [0.5, 0.6) is 5.75 Å². The SMILES string of the molecule is CCCCCCCCCc1c(O)ccc(CCCC)c1CCCCCCCC. The molecular formula is C27H48O. The summed E-state index contributed by atoms with van der Waals surface area (Å²) in [6, 6.07) is 4.16. The fraction of sp³-hybridized carbons (Fsp3) is 0.778. The third-order valence-corrected chi connectivity index (χ3v) is 6.11. The minimum atomic E-state index is 0.548. The molecule has 1 aromatic rings. The lowest BCUT2D eigenvalue weighted by molar-refractivity contribution is 0.463. The van der Waals surface area contributed by atoms with Gasteiger partial charge in [-0.15, -0.1) is 0 Å². The van der Waals surface area contributed by atoms with Crippen LogP contribution in [0, 0.1) is 0 Å². The van der Waals surface area contributed by atoms with Crippen molar-refractivity contribution in [2.45, 2.75) is 136 Å². The van der Waals surface area contributed by atoms with E-state index in [0.29, 0.717) is 5.75 Å². The second-order valence-electron chi connectivity index (χ2n) is 8.69. The summed E-state index contributed by atoms with van der Waals surface area (Å²) in [6.45, 7) is 6.83. The van der Waals surface area contributed by atoms with Crippen molar-refractivity contribution >= 4 is 0 Å². The van der Waals surface area contributed by atoms with Crippen LogP contribution in [0.25, 0.3) is 0 Å². The van der Waals surface area contributed by atoms with E-state index in [1.165, 1.54) is 119 Å². The van der Waals surface area contributed by atoms with Crippen molar-refractivity contribution in [2.24, 2.45) is 0 Å². The average Bonchev–Trinajstić information content (AvgIpc) is 2.70. The summed E-state index contributed by atoms with van der Waals surface area (Å²) < 4.78 is 0. The number of phenols is 1. The minimum Gasteiger partial charge on any atom is -0.508 e. The first-order chi connectivity index (χ1) is 13.7. The molecule has 0 unspecified atom stereocenters. The fourth-order valence-electron chi connectivity index (χ4n) is 4.26. The Morgan fingerprint density at radius 1 is 0.500 bits per heavy atom. The van der Waals surface area contributed by atoms with Gasteiger partial charge in [-0.25, -0.2) is 0 Å². The van der Waals surface area contributed by atoms with Crippen LogP contribution in [0.3, 0.4) is 0 Å². The van der Waals surface area contributed by atoms with E-state index in [1.807, 2.05) is 6.07 Å². The average molecular weight is 389 g/mol. The fourth-order valence-corrected chi connectivity index (χ4v) is 4.26. The van der Waals surface area contributed by atoms with E-state index < -0.39 is 0 Å². The maximum Gasteiger partial charge on any atom is 0.119 e. The van der Waals surface area contributed by atoms with Gasteiger partial charge in [0.1, 0.15) is 5.75 Å². The summed E-state index contributed by atoms with van der Waals surface area (Å²) in [5, 5.41) is 10.6. The normalized spacial score (nSPS) is 11.2. The summed E-state index contributed by atoms with van der Waals surface area (Å²) in [5.41, 5.74) is 4.27. The third-order valence-electron chi connectivity index (χ3n) is 6.11. The van der Waals surface area contributed by atoms with Crippen LogP contribution in [0.1, 0.15) is 134 Å². The summed E-state index contributed by atoms with van der Waals surface area (Å²) in [5.74, 6) is 0.548. The second-order valence-corrected chi connectivity index (χ2v) is 8.69. The lowest BCUT2D eigenvalue weighted by Crippen LogP contribution is -2.02. The number of aromatic hydroxyl groups is 1. The quantitative estimate of drug-likeness (QED) is 0.249. The predicted molar refractivity (Wildman–Crippen MR) is 125 cm³/mol. The standard InChI is InChI=1S/C27H48O/c1-4-7-10-12-14-16-18-21-26-25(20-17-15-13-11-8-5-2)24(19-9-6-3)22-23-27(26)28/h22-23,28H,4-21H2,1-3H3. The molecule has 0 amide bonds. The molecule has 0 aliphatic carbocycles. The van der Waals surface area contributed by atoms with Crippen LogP contribution >= 0.6 is 0 Å². The molecule has 1 nitrogen and oxygen atoms in total. The molecular weight excluding hydrogens is 340 g/mol.